The molecular weight excluding hydrogens is 314 g/mol. The smallest absolute Gasteiger partial charge is 0.243 e. The van der Waals surface area contributed by atoms with Crippen molar-refractivity contribution >= 4 is 11.8 Å². The summed E-state index contributed by atoms with van der Waals surface area (Å²) in [5.74, 6) is -0.277. The van der Waals surface area contributed by atoms with Crippen LogP contribution >= 0.6 is 0 Å². The molecule has 2 rings (SSSR count). The molecule has 1 aromatic carbocycles. The monoisotopic (exact) mass is 339 g/mol. The van der Waals surface area contributed by atoms with Gasteiger partial charge in [0.25, 0.3) is 0 Å². The fraction of sp³-hybridized carbons (Fsp3) is 0.350. The van der Waals surface area contributed by atoms with Crippen molar-refractivity contribution in [3.63, 3.8) is 0 Å². The minimum Gasteiger partial charge on any atom is -0.350 e. The van der Waals surface area contributed by atoms with Gasteiger partial charge in [-0.3, -0.25) is 14.6 Å². The molecule has 0 aliphatic rings. The molecule has 1 atom stereocenters. The lowest BCUT2D eigenvalue weighted by Crippen LogP contribution is -2.49. The van der Waals surface area contributed by atoms with Crippen LogP contribution in [0, 0.1) is 5.92 Å². The number of amides is 2. The van der Waals surface area contributed by atoms with Crippen LogP contribution < -0.4 is 10.6 Å². The van der Waals surface area contributed by atoms with E-state index in [9.17, 15) is 9.59 Å². The first-order chi connectivity index (χ1) is 12.1. The minimum atomic E-state index is -0.542. The highest BCUT2D eigenvalue weighted by Gasteiger charge is 2.23. The maximum atomic E-state index is 12.4. The first-order valence-electron chi connectivity index (χ1n) is 8.56. The van der Waals surface area contributed by atoms with Crippen LogP contribution in [0.2, 0.25) is 0 Å². The lowest BCUT2D eigenvalue weighted by Gasteiger charge is -2.21. The minimum absolute atomic E-state index is 0.00886. The molecule has 2 amide bonds. The normalized spacial score (nSPS) is 11.8. The van der Waals surface area contributed by atoms with Gasteiger partial charge in [-0.1, -0.05) is 50.2 Å². The molecule has 1 heterocycles. The molecular formula is C20H25N3O2. The Labute approximate surface area is 148 Å². The number of hydrogen-bond donors (Lipinski definition) is 2. The van der Waals surface area contributed by atoms with E-state index in [4.69, 9.17) is 0 Å². The standard InChI is InChI=1S/C20H25N3O2/c1-15(2)19(20(25)22-14-17-9-6-12-21-13-17)23-18(24)11-10-16-7-4-3-5-8-16/h3-9,12-13,15,19H,10-11,14H2,1-2H3,(H,22,25)(H,23,24)/t19-/m0/s1. The predicted molar refractivity (Wildman–Crippen MR) is 97.6 cm³/mol. The van der Waals surface area contributed by atoms with E-state index in [-0.39, 0.29) is 17.7 Å². The Bertz CT molecular complexity index is 672. The van der Waals surface area contributed by atoms with Gasteiger partial charge >= 0.3 is 0 Å². The van der Waals surface area contributed by atoms with Gasteiger partial charge in [-0.05, 0) is 29.5 Å². The molecule has 0 fully saturated rings. The van der Waals surface area contributed by atoms with E-state index in [1.165, 1.54) is 0 Å². The summed E-state index contributed by atoms with van der Waals surface area (Å²) < 4.78 is 0. The van der Waals surface area contributed by atoms with Crippen molar-refractivity contribution in [1.29, 1.82) is 0 Å². The Balaban J connectivity index is 1.84. The molecule has 0 saturated carbocycles. The van der Waals surface area contributed by atoms with E-state index in [2.05, 4.69) is 15.6 Å². The molecule has 0 aliphatic heterocycles. The van der Waals surface area contributed by atoms with Crippen LogP contribution in [0.4, 0.5) is 0 Å². The highest BCUT2D eigenvalue weighted by atomic mass is 16.2. The highest BCUT2D eigenvalue weighted by molar-refractivity contribution is 5.87. The van der Waals surface area contributed by atoms with Crippen molar-refractivity contribution in [2.45, 2.75) is 39.3 Å². The summed E-state index contributed by atoms with van der Waals surface area (Å²) in [7, 11) is 0. The van der Waals surface area contributed by atoms with E-state index >= 15 is 0 Å². The highest BCUT2D eigenvalue weighted by Crippen LogP contribution is 2.06. The molecule has 25 heavy (non-hydrogen) atoms. The summed E-state index contributed by atoms with van der Waals surface area (Å²) >= 11 is 0. The van der Waals surface area contributed by atoms with E-state index in [1.807, 2.05) is 56.3 Å². The number of nitrogens with one attached hydrogen (secondary N) is 2. The first kappa shape index (κ1) is 18.6. The van der Waals surface area contributed by atoms with Crippen LogP contribution in [-0.4, -0.2) is 22.8 Å². The third-order valence-electron chi connectivity index (χ3n) is 3.94. The zero-order valence-electron chi connectivity index (χ0n) is 14.7. The van der Waals surface area contributed by atoms with Crippen LogP contribution in [0.3, 0.4) is 0 Å². The number of aryl methyl sites for hydroxylation is 1. The first-order valence-corrected chi connectivity index (χ1v) is 8.56. The van der Waals surface area contributed by atoms with E-state index in [1.54, 1.807) is 12.4 Å². The SMILES string of the molecule is CC(C)[C@H](NC(=O)CCc1ccccc1)C(=O)NCc1cccnc1. The average molecular weight is 339 g/mol. The fourth-order valence-electron chi connectivity index (χ4n) is 2.48. The van der Waals surface area contributed by atoms with Gasteiger partial charge in [-0.2, -0.15) is 0 Å². The lowest BCUT2D eigenvalue weighted by molar-refractivity contribution is -0.130. The Morgan fingerprint density at radius 1 is 1.04 bits per heavy atom. The summed E-state index contributed by atoms with van der Waals surface area (Å²) in [6, 6.07) is 13.0. The molecule has 5 nitrogen and oxygen atoms in total. The van der Waals surface area contributed by atoms with E-state index in [0.29, 0.717) is 19.4 Å². The fourth-order valence-corrected chi connectivity index (χ4v) is 2.48. The van der Waals surface area contributed by atoms with Gasteiger partial charge in [0.15, 0.2) is 0 Å². The van der Waals surface area contributed by atoms with Crippen LogP contribution in [-0.2, 0) is 22.6 Å². The van der Waals surface area contributed by atoms with Crippen molar-refractivity contribution in [3.8, 4) is 0 Å². The molecule has 0 spiro atoms. The Morgan fingerprint density at radius 2 is 1.76 bits per heavy atom. The van der Waals surface area contributed by atoms with Crippen molar-refractivity contribution < 1.29 is 9.59 Å². The van der Waals surface area contributed by atoms with E-state index in [0.717, 1.165) is 11.1 Å². The van der Waals surface area contributed by atoms with Crippen LogP contribution in [0.25, 0.3) is 0 Å². The molecule has 5 heteroatoms. The van der Waals surface area contributed by atoms with Crippen molar-refractivity contribution in [1.82, 2.24) is 15.6 Å². The van der Waals surface area contributed by atoms with Crippen LogP contribution in [0.5, 0.6) is 0 Å². The number of aromatic nitrogens is 1. The van der Waals surface area contributed by atoms with Gasteiger partial charge in [0.1, 0.15) is 6.04 Å². The van der Waals surface area contributed by atoms with Gasteiger partial charge in [0.2, 0.25) is 11.8 Å². The van der Waals surface area contributed by atoms with Crippen molar-refractivity contribution in [2.24, 2.45) is 5.92 Å². The van der Waals surface area contributed by atoms with E-state index < -0.39 is 6.04 Å². The molecule has 2 aromatic rings. The summed E-state index contributed by atoms with van der Waals surface area (Å²) in [6.07, 6.45) is 4.43. The van der Waals surface area contributed by atoms with Gasteiger partial charge in [0.05, 0.1) is 0 Å². The predicted octanol–water partition coefficient (Wildman–Crippen LogP) is 2.47. The topological polar surface area (TPSA) is 71.1 Å². The number of hydrogen-bond acceptors (Lipinski definition) is 3. The maximum Gasteiger partial charge on any atom is 0.243 e. The van der Waals surface area contributed by atoms with Crippen molar-refractivity contribution in [3.05, 3.63) is 66.0 Å². The summed E-state index contributed by atoms with van der Waals surface area (Å²) in [6.45, 7) is 4.24. The summed E-state index contributed by atoms with van der Waals surface area (Å²) in [5.41, 5.74) is 2.04. The second-order valence-corrected chi connectivity index (χ2v) is 6.35. The molecule has 0 bridgehead atoms. The Hall–Kier alpha value is -2.69. The number of carbonyl (C=O) groups excluding carboxylic acids is 2. The second kappa shape index (κ2) is 9.57. The van der Waals surface area contributed by atoms with Crippen LogP contribution in [0.1, 0.15) is 31.4 Å². The lowest BCUT2D eigenvalue weighted by atomic mass is 10.0. The quantitative estimate of drug-likeness (QED) is 0.776. The molecule has 132 valence electrons. The van der Waals surface area contributed by atoms with Gasteiger partial charge < -0.3 is 10.6 Å². The molecule has 0 aliphatic carbocycles. The molecule has 0 unspecified atom stereocenters. The van der Waals surface area contributed by atoms with Crippen LogP contribution in [0.15, 0.2) is 54.9 Å². The maximum absolute atomic E-state index is 12.4. The number of rotatable bonds is 8. The number of pyridine rings is 1. The largest absolute Gasteiger partial charge is 0.350 e. The Kier molecular flexibility index (Phi) is 7.14. The Morgan fingerprint density at radius 3 is 2.40 bits per heavy atom. The van der Waals surface area contributed by atoms with Crippen molar-refractivity contribution in [2.75, 3.05) is 0 Å². The molecule has 0 radical (unpaired) electrons. The average Bonchev–Trinajstić information content (AvgIpc) is 2.64. The zero-order valence-corrected chi connectivity index (χ0v) is 14.7. The van der Waals surface area contributed by atoms with Gasteiger partial charge in [0, 0.05) is 25.4 Å². The molecule has 2 N–H and O–H groups in total. The summed E-state index contributed by atoms with van der Waals surface area (Å²) in [4.78, 5) is 28.7. The van der Waals surface area contributed by atoms with Gasteiger partial charge in [-0.25, -0.2) is 0 Å². The number of benzene rings is 1. The number of carbonyl (C=O) groups is 2. The third-order valence-corrected chi connectivity index (χ3v) is 3.94. The summed E-state index contributed by atoms with van der Waals surface area (Å²) in [5, 5.41) is 5.72. The third kappa shape index (κ3) is 6.37. The molecule has 0 saturated heterocycles. The zero-order chi connectivity index (χ0) is 18.1. The van der Waals surface area contributed by atoms with Gasteiger partial charge in [-0.15, -0.1) is 0 Å². The number of nitrogens with zero attached hydrogens (tertiary/aromatic N) is 1. The molecule has 1 aromatic heterocycles. The second-order valence-electron chi connectivity index (χ2n) is 6.35.